The Labute approximate surface area is 125 Å². The summed E-state index contributed by atoms with van der Waals surface area (Å²) in [5.41, 5.74) is 0. The van der Waals surface area contributed by atoms with Gasteiger partial charge in [0.25, 0.3) is 0 Å². The van der Waals surface area contributed by atoms with Gasteiger partial charge in [-0.1, -0.05) is 37.1 Å². The van der Waals surface area contributed by atoms with E-state index in [9.17, 15) is 9.18 Å². The van der Waals surface area contributed by atoms with E-state index in [0.717, 1.165) is 31.7 Å². The molecule has 0 aromatic carbocycles. The van der Waals surface area contributed by atoms with Gasteiger partial charge in [0.1, 0.15) is 12.1 Å². The van der Waals surface area contributed by atoms with Gasteiger partial charge in [-0.25, -0.2) is 4.39 Å². The van der Waals surface area contributed by atoms with Crippen molar-refractivity contribution >= 4 is 17.9 Å². The van der Waals surface area contributed by atoms with Gasteiger partial charge < -0.3 is 4.79 Å². The molecule has 1 aliphatic heterocycles. The third-order valence-electron chi connectivity index (χ3n) is 4.11. The minimum absolute atomic E-state index is 0.245. The molecule has 0 aromatic heterocycles. The molecule has 1 aliphatic carbocycles. The quantitative estimate of drug-likeness (QED) is 0.526. The van der Waals surface area contributed by atoms with Gasteiger partial charge in [0, 0.05) is 11.0 Å². The van der Waals surface area contributed by atoms with Gasteiger partial charge in [0.05, 0.1) is 6.04 Å². The van der Waals surface area contributed by atoms with Gasteiger partial charge >= 0.3 is 0 Å². The second kappa shape index (κ2) is 7.19. The highest BCUT2D eigenvalue weighted by molar-refractivity contribution is 6.30. The fourth-order valence-electron chi connectivity index (χ4n) is 2.74. The molecule has 0 amide bonds. The summed E-state index contributed by atoms with van der Waals surface area (Å²) >= 11 is 5.58. The van der Waals surface area contributed by atoms with Crippen molar-refractivity contribution in [2.45, 2.75) is 31.7 Å². The van der Waals surface area contributed by atoms with Crippen LogP contribution in [0.2, 0.25) is 0 Å². The first-order valence-corrected chi connectivity index (χ1v) is 7.57. The Morgan fingerprint density at radius 2 is 2.15 bits per heavy atom. The van der Waals surface area contributed by atoms with Crippen LogP contribution in [-0.2, 0) is 4.79 Å². The number of rotatable bonds is 7. The van der Waals surface area contributed by atoms with Crippen LogP contribution in [-0.4, -0.2) is 30.3 Å². The molecular formula is C16H21ClFNO. The van der Waals surface area contributed by atoms with E-state index in [4.69, 9.17) is 11.6 Å². The van der Waals surface area contributed by atoms with Crippen LogP contribution in [0.1, 0.15) is 25.7 Å². The molecule has 0 spiro atoms. The Balaban J connectivity index is 1.93. The zero-order chi connectivity index (χ0) is 14.5. The third kappa shape index (κ3) is 4.29. The van der Waals surface area contributed by atoms with Crippen molar-refractivity contribution < 1.29 is 9.18 Å². The number of hydrogen-bond donors (Lipinski definition) is 0. The van der Waals surface area contributed by atoms with E-state index < -0.39 is 0 Å². The standard InChI is InChI=1S/C16H21ClFNO/c1-12(17)3-2-4-15(18)14-8-10-19(16(14)11-20)9-7-13-5-6-13/h2-4,11,13-14,16H,1,5-10H2/b3-2-,15-4-. The molecule has 110 valence electrons. The van der Waals surface area contributed by atoms with E-state index in [0.29, 0.717) is 11.5 Å². The second-order valence-corrected chi connectivity index (χ2v) is 6.13. The molecule has 20 heavy (non-hydrogen) atoms. The molecule has 1 saturated heterocycles. The summed E-state index contributed by atoms with van der Waals surface area (Å²) in [6.45, 7) is 5.21. The zero-order valence-electron chi connectivity index (χ0n) is 11.6. The maximum Gasteiger partial charge on any atom is 0.137 e. The molecule has 2 unspecified atom stereocenters. The summed E-state index contributed by atoms with van der Waals surface area (Å²) in [7, 11) is 0. The van der Waals surface area contributed by atoms with Crippen molar-refractivity contribution in [3.63, 3.8) is 0 Å². The average Bonchev–Trinajstić information content (AvgIpc) is 3.14. The van der Waals surface area contributed by atoms with Crippen LogP contribution >= 0.6 is 11.6 Å². The maximum atomic E-state index is 14.1. The van der Waals surface area contributed by atoms with E-state index in [1.165, 1.54) is 25.0 Å². The fraction of sp³-hybridized carbons (Fsp3) is 0.562. The predicted molar refractivity (Wildman–Crippen MR) is 80.2 cm³/mol. The van der Waals surface area contributed by atoms with Gasteiger partial charge in [-0.15, -0.1) is 0 Å². The number of halogens is 2. The summed E-state index contributed by atoms with van der Waals surface area (Å²) in [5.74, 6) is 0.268. The highest BCUT2D eigenvalue weighted by Crippen LogP contribution is 2.35. The normalized spacial score (nSPS) is 28.2. The third-order valence-corrected chi connectivity index (χ3v) is 4.23. The molecule has 1 heterocycles. The van der Waals surface area contributed by atoms with Crippen LogP contribution in [0.4, 0.5) is 4.39 Å². The molecule has 1 saturated carbocycles. The second-order valence-electron chi connectivity index (χ2n) is 5.65. The van der Waals surface area contributed by atoms with Crippen molar-refractivity contribution in [1.29, 1.82) is 0 Å². The monoisotopic (exact) mass is 297 g/mol. The molecule has 0 bridgehead atoms. The highest BCUT2D eigenvalue weighted by atomic mass is 35.5. The molecule has 2 rings (SSSR count). The van der Waals surface area contributed by atoms with E-state index in [-0.39, 0.29) is 17.8 Å². The number of nitrogens with zero attached hydrogens (tertiary/aromatic N) is 1. The lowest BCUT2D eigenvalue weighted by molar-refractivity contribution is -0.112. The minimum Gasteiger partial charge on any atom is -0.302 e. The van der Waals surface area contributed by atoms with Crippen molar-refractivity contribution in [3.05, 3.63) is 35.7 Å². The van der Waals surface area contributed by atoms with Crippen molar-refractivity contribution in [2.75, 3.05) is 13.1 Å². The van der Waals surface area contributed by atoms with E-state index in [2.05, 4.69) is 11.5 Å². The van der Waals surface area contributed by atoms with Crippen LogP contribution in [0, 0.1) is 11.8 Å². The lowest BCUT2D eigenvalue weighted by Gasteiger charge is -2.22. The summed E-state index contributed by atoms with van der Waals surface area (Å²) in [5, 5.41) is 0.360. The Morgan fingerprint density at radius 1 is 1.40 bits per heavy atom. The number of hydrogen-bond acceptors (Lipinski definition) is 2. The van der Waals surface area contributed by atoms with Gasteiger partial charge in [0.2, 0.25) is 0 Å². The van der Waals surface area contributed by atoms with Crippen LogP contribution in [0.25, 0.3) is 0 Å². The fourth-order valence-corrected chi connectivity index (χ4v) is 2.82. The summed E-state index contributed by atoms with van der Waals surface area (Å²) in [6, 6.07) is -0.322. The number of likely N-dealkylation sites (tertiary alicyclic amines) is 1. The molecule has 2 fully saturated rings. The van der Waals surface area contributed by atoms with E-state index in [1.807, 2.05) is 0 Å². The van der Waals surface area contributed by atoms with Crippen molar-refractivity contribution in [3.8, 4) is 0 Å². The van der Waals surface area contributed by atoms with E-state index in [1.54, 1.807) is 6.08 Å². The SMILES string of the molecule is C=C(Cl)/C=C\C=C(/F)C1CCN(CCC2CC2)C1C=O. The number of allylic oxidation sites excluding steroid dienone is 4. The predicted octanol–water partition coefficient (Wildman–Crippen LogP) is 3.84. The Bertz CT molecular complexity index is 428. The molecule has 0 radical (unpaired) electrons. The van der Waals surface area contributed by atoms with Gasteiger partial charge in [-0.3, -0.25) is 4.90 Å². The van der Waals surface area contributed by atoms with Crippen LogP contribution < -0.4 is 0 Å². The smallest absolute Gasteiger partial charge is 0.137 e. The first-order chi connectivity index (χ1) is 9.61. The van der Waals surface area contributed by atoms with Gasteiger partial charge in [0.15, 0.2) is 0 Å². The Hall–Kier alpha value is -0.930. The zero-order valence-corrected chi connectivity index (χ0v) is 12.4. The number of carbonyl (C=O) groups excluding carboxylic acids is 1. The first-order valence-electron chi connectivity index (χ1n) is 7.19. The van der Waals surface area contributed by atoms with Crippen molar-refractivity contribution in [1.82, 2.24) is 4.90 Å². The number of aldehydes is 1. The molecule has 2 aliphatic rings. The minimum atomic E-state index is -0.322. The molecule has 0 N–H and O–H groups in total. The number of carbonyl (C=O) groups is 1. The van der Waals surface area contributed by atoms with Crippen molar-refractivity contribution in [2.24, 2.45) is 11.8 Å². The Kier molecular flexibility index (Phi) is 5.55. The maximum absolute atomic E-state index is 14.1. The summed E-state index contributed by atoms with van der Waals surface area (Å²) in [6.07, 6.45) is 9.81. The highest BCUT2D eigenvalue weighted by Gasteiger charge is 2.36. The van der Waals surface area contributed by atoms with Crippen LogP contribution in [0.3, 0.4) is 0 Å². The lowest BCUT2D eigenvalue weighted by atomic mass is 9.99. The lowest BCUT2D eigenvalue weighted by Crippen LogP contribution is -2.35. The molecule has 4 heteroatoms. The summed E-state index contributed by atoms with van der Waals surface area (Å²) in [4.78, 5) is 13.4. The largest absolute Gasteiger partial charge is 0.302 e. The van der Waals surface area contributed by atoms with Gasteiger partial charge in [-0.2, -0.15) is 0 Å². The molecule has 2 nitrogen and oxygen atoms in total. The molecular weight excluding hydrogens is 277 g/mol. The average molecular weight is 298 g/mol. The molecule has 2 atom stereocenters. The van der Waals surface area contributed by atoms with Crippen LogP contribution in [0.5, 0.6) is 0 Å². The first kappa shape index (κ1) is 15.5. The summed E-state index contributed by atoms with van der Waals surface area (Å²) < 4.78 is 14.1. The van der Waals surface area contributed by atoms with Crippen LogP contribution in [0.15, 0.2) is 35.7 Å². The Morgan fingerprint density at radius 3 is 2.75 bits per heavy atom. The van der Waals surface area contributed by atoms with Gasteiger partial charge in [-0.05, 0) is 44.0 Å². The van der Waals surface area contributed by atoms with E-state index >= 15 is 0 Å². The molecule has 0 aromatic rings. The topological polar surface area (TPSA) is 20.3 Å².